The summed E-state index contributed by atoms with van der Waals surface area (Å²) >= 11 is 0. The Labute approximate surface area is 129 Å². The van der Waals surface area contributed by atoms with Crippen LogP contribution >= 0.6 is 0 Å². The second-order valence-electron chi connectivity index (χ2n) is 0.714. The second kappa shape index (κ2) is 129. The molecule has 22 heteroatoms. The Hall–Kier alpha value is -2.23. The van der Waals surface area contributed by atoms with E-state index in [4.69, 9.17) is 46.0 Å². The zero-order valence-corrected chi connectivity index (χ0v) is 11.3. The molecule has 0 rings (SSSR count). The molecule has 0 atom stereocenters. The predicted octanol–water partition coefficient (Wildman–Crippen LogP) is -8.47. The molecule has 22 heavy (non-hydrogen) atoms. The largest absolute Gasteiger partial charge is 3.00 e. The van der Waals surface area contributed by atoms with Gasteiger partial charge in [-0.2, -0.15) is 0 Å². The first-order chi connectivity index (χ1) is 5.20. The predicted molar refractivity (Wildman–Crippen MR) is 58.9 cm³/mol. The van der Waals surface area contributed by atoms with Crippen molar-refractivity contribution in [2.45, 2.75) is 0 Å². The van der Waals surface area contributed by atoms with E-state index < -0.39 is 15.3 Å². The van der Waals surface area contributed by atoms with Crippen LogP contribution in [0.15, 0.2) is 0 Å². The van der Waals surface area contributed by atoms with Crippen LogP contribution in [0.4, 0.5) is 0 Å². The van der Waals surface area contributed by atoms with Crippen LogP contribution in [-0.4, -0.2) is 80.2 Å². The van der Waals surface area contributed by atoms with E-state index in [1.54, 1.807) is 0 Å². The van der Waals surface area contributed by atoms with Crippen molar-refractivity contribution in [1.29, 1.82) is 0 Å². The number of nitrogens with zero attached hydrogens (tertiary/aromatic N) is 3. The van der Waals surface area contributed by atoms with Gasteiger partial charge < -0.3 is 64.9 Å². The minimum atomic E-state index is -1.50. The van der Waals surface area contributed by atoms with Gasteiger partial charge in [-0.25, -0.2) is 0 Å². The monoisotopic (exact) mass is 403 g/mol. The summed E-state index contributed by atoms with van der Waals surface area (Å²) < 4.78 is 0. The Morgan fingerprint density at radius 1 is 0.455 bits per heavy atom. The van der Waals surface area contributed by atoms with Gasteiger partial charge in [-0.3, -0.25) is 0 Å². The number of hydrogen-bond acceptors (Lipinski definition) is 6. The quantitative estimate of drug-likeness (QED) is 0.255. The normalized spacial score (nSPS) is 3.27. The standard InChI is InChI=1S/Cr.3HNO3.9H2O/c;3*2-1(3)4;;;;;;;;;/h;3*(H,2,3,4);9*1H2/q+3;;;;;;;;;;;;. The van der Waals surface area contributed by atoms with Crippen LogP contribution < -0.4 is 0 Å². The third kappa shape index (κ3) is 1010. The Morgan fingerprint density at radius 3 is 0.455 bits per heavy atom. The van der Waals surface area contributed by atoms with Crippen molar-refractivity contribution in [2.75, 3.05) is 0 Å². The summed E-state index contributed by atoms with van der Waals surface area (Å²) in [5, 5.41) is 40.9. The number of hydrogen-bond donors (Lipinski definition) is 3. The van der Waals surface area contributed by atoms with Gasteiger partial charge in [-0.1, -0.05) is 0 Å². The number of rotatable bonds is 0. The van der Waals surface area contributed by atoms with Crippen LogP contribution in [0.25, 0.3) is 0 Å². The topological polar surface area (TPSA) is 474 Å². The van der Waals surface area contributed by atoms with Gasteiger partial charge in [0, 0.05) is 0 Å². The first-order valence-electron chi connectivity index (χ1n) is 1.70. The van der Waals surface area contributed by atoms with Gasteiger partial charge in [-0.15, -0.1) is 30.3 Å². The Balaban J connectivity index is -0.00000000409. The molecule has 0 aliphatic rings. The van der Waals surface area contributed by atoms with E-state index in [0.29, 0.717) is 0 Å². The van der Waals surface area contributed by atoms with E-state index in [1.807, 2.05) is 0 Å². The van der Waals surface area contributed by atoms with E-state index >= 15 is 0 Å². The molecule has 21 N–H and O–H groups in total. The SMILES string of the molecule is O.O.O.O.O.O.O.O.O.O=[N+]([O-])O.O=[N+]([O-])O.O=[N+]([O-])O.[Cr+3]. The summed E-state index contributed by atoms with van der Waals surface area (Å²) in [4.78, 5) is 25.1. The minimum absolute atomic E-state index is 0. The molecule has 0 aromatic heterocycles. The molecule has 147 valence electrons. The van der Waals surface area contributed by atoms with E-state index in [-0.39, 0.29) is 66.6 Å². The van der Waals surface area contributed by atoms with Crippen molar-refractivity contribution in [1.82, 2.24) is 0 Å². The average molecular weight is 403 g/mol. The molecular formula is H21CrN3O18+3. The van der Waals surface area contributed by atoms with Crippen molar-refractivity contribution >= 4 is 0 Å². The maximum atomic E-state index is 8.36. The maximum Gasteiger partial charge on any atom is 3.00 e. The molecule has 0 unspecified atom stereocenters. The summed E-state index contributed by atoms with van der Waals surface area (Å²) in [5.41, 5.74) is 0. The van der Waals surface area contributed by atoms with Crippen molar-refractivity contribution in [3.63, 3.8) is 0 Å². The summed E-state index contributed by atoms with van der Waals surface area (Å²) in [7, 11) is 0. The molecule has 0 fully saturated rings. The Bertz CT molecular complexity index is 116. The van der Waals surface area contributed by atoms with Gasteiger partial charge >= 0.3 is 17.4 Å². The van der Waals surface area contributed by atoms with Gasteiger partial charge in [0.05, 0.1) is 0 Å². The third-order valence-corrected chi connectivity index (χ3v) is 0. The van der Waals surface area contributed by atoms with E-state index in [0.717, 1.165) is 0 Å². The molecule has 0 saturated heterocycles. The van der Waals surface area contributed by atoms with Crippen molar-refractivity contribution in [3.8, 4) is 0 Å². The van der Waals surface area contributed by atoms with Crippen molar-refractivity contribution < 1.29 is 97.5 Å². The van der Waals surface area contributed by atoms with Crippen LogP contribution in [0.5, 0.6) is 0 Å². The van der Waals surface area contributed by atoms with Crippen LogP contribution in [-0.2, 0) is 17.4 Å². The van der Waals surface area contributed by atoms with Gasteiger partial charge in [0.25, 0.3) is 15.3 Å². The minimum Gasteiger partial charge on any atom is -0.412 e. The molecule has 0 aliphatic carbocycles. The molecule has 1 radical (unpaired) electrons. The van der Waals surface area contributed by atoms with Gasteiger partial charge in [0.15, 0.2) is 0 Å². The second-order valence-corrected chi connectivity index (χ2v) is 0.714. The first kappa shape index (κ1) is 152. The molecule has 0 heterocycles. The molecule has 0 saturated carbocycles. The fourth-order valence-electron chi connectivity index (χ4n) is 0. The third-order valence-electron chi connectivity index (χ3n) is 0. The molecule has 21 nitrogen and oxygen atoms in total. The summed E-state index contributed by atoms with van der Waals surface area (Å²) in [6.07, 6.45) is 0. The van der Waals surface area contributed by atoms with E-state index in [9.17, 15) is 0 Å². The van der Waals surface area contributed by atoms with Crippen LogP contribution in [0, 0.1) is 30.3 Å². The van der Waals surface area contributed by atoms with Crippen LogP contribution in [0.3, 0.4) is 0 Å². The van der Waals surface area contributed by atoms with Crippen molar-refractivity contribution in [3.05, 3.63) is 30.3 Å². The van der Waals surface area contributed by atoms with E-state index in [1.165, 1.54) is 0 Å². The zero-order valence-electron chi connectivity index (χ0n) is 10.0. The van der Waals surface area contributed by atoms with Gasteiger partial charge in [0.1, 0.15) is 0 Å². The molecular weight excluding hydrogens is 382 g/mol. The molecule has 0 spiro atoms. The molecule has 0 amide bonds. The summed E-state index contributed by atoms with van der Waals surface area (Å²) in [6, 6.07) is 0. The first-order valence-corrected chi connectivity index (χ1v) is 1.70. The Kier molecular flexibility index (Phi) is 893. The molecule has 0 aromatic carbocycles. The fourth-order valence-corrected chi connectivity index (χ4v) is 0. The van der Waals surface area contributed by atoms with Gasteiger partial charge in [-0.05, 0) is 0 Å². The summed E-state index contributed by atoms with van der Waals surface area (Å²) in [6.45, 7) is 0. The maximum absolute atomic E-state index is 8.36. The van der Waals surface area contributed by atoms with E-state index in [2.05, 4.69) is 0 Å². The zero-order chi connectivity index (χ0) is 10.7. The molecule has 0 aromatic rings. The van der Waals surface area contributed by atoms with Crippen molar-refractivity contribution in [2.24, 2.45) is 0 Å². The Morgan fingerprint density at radius 2 is 0.455 bits per heavy atom. The van der Waals surface area contributed by atoms with Crippen LogP contribution in [0.2, 0.25) is 0 Å². The molecule has 0 bridgehead atoms. The summed E-state index contributed by atoms with van der Waals surface area (Å²) in [5.74, 6) is 0. The smallest absolute Gasteiger partial charge is 0.412 e. The average Bonchev–Trinajstić information content (AvgIpc) is 1.54. The van der Waals surface area contributed by atoms with Gasteiger partial charge in [0.2, 0.25) is 0 Å². The van der Waals surface area contributed by atoms with Crippen LogP contribution in [0.1, 0.15) is 0 Å². The molecule has 0 aliphatic heterocycles. The fraction of sp³-hybridized carbons (Fsp3) is 0.